The summed E-state index contributed by atoms with van der Waals surface area (Å²) in [7, 11) is 0. The molecule has 0 bridgehead atoms. The Morgan fingerprint density at radius 2 is 1.91 bits per heavy atom. The molecule has 5 rings (SSSR count). The molecule has 1 aromatic heterocycles. The van der Waals surface area contributed by atoms with Gasteiger partial charge in [-0.3, -0.25) is 9.59 Å². The first-order valence-corrected chi connectivity index (χ1v) is 11.8. The minimum absolute atomic E-state index is 0.0717. The molecule has 0 unspecified atom stereocenters. The Labute approximate surface area is 203 Å². The molecule has 166 valence electrons. The first-order valence-electron chi connectivity index (χ1n) is 10.2. The molecule has 0 atom stereocenters. The van der Waals surface area contributed by atoms with E-state index in [0.29, 0.717) is 21.7 Å². The lowest BCUT2D eigenvalue weighted by atomic mass is 10.1. The number of phenolic OH excluding ortho intramolecular Hbond substituents is 1. The first kappa shape index (κ1) is 21.7. The number of nitrogens with one attached hydrogen (secondary N) is 2. The molecule has 0 fully saturated rings. The maximum absolute atomic E-state index is 12.8. The number of nitrogens with zero attached hydrogens (tertiary/aromatic N) is 2. The molecule has 9 heteroatoms. The second-order valence-corrected chi connectivity index (χ2v) is 9.62. The number of nitriles is 1. The lowest BCUT2D eigenvalue weighted by molar-refractivity contribution is 0.0947. The molecule has 34 heavy (non-hydrogen) atoms. The molecule has 3 N–H and O–H groups in total. The van der Waals surface area contributed by atoms with E-state index in [1.165, 1.54) is 35.2 Å². The van der Waals surface area contributed by atoms with Crippen molar-refractivity contribution in [3.63, 3.8) is 0 Å². The molecule has 0 spiro atoms. The highest BCUT2D eigenvalue weighted by molar-refractivity contribution is 7.99. The number of aromatic nitrogens is 1. The fraction of sp³-hybridized carbons (Fsp3) is 0.0400. The number of fused-ring (bicyclic) bond motifs is 2. The largest absolute Gasteiger partial charge is 0.507 e. The van der Waals surface area contributed by atoms with E-state index in [1.807, 2.05) is 24.3 Å². The van der Waals surface area contributed by atoms with E-state index >= 15 is 0 Å². The van der Waals surface area contributed by atoms with Crippen molar-refractivity contribution in [2.45, 2.75) is 16.3 Å². The van der Waals surface area contributed by atoms with Crippen LogP contribution in [0.2, 0.25) is 0 Å². The van der Waals surface area contributed by atoms with Gasteiger partial charge in [0.15, 0.2) is 0 Å². The van der Waals surface area contributed by atoms with Crippen LogP contribution < -0.4 is 10.6 Å². The average Bonchev–Trinajstić information content (AvgIpc) is 3.28. The third-order valence-corrected chi connectivity index (χ3v) is 7.36. The van der Waals surface area contributed by atoms with Crippen molar-refractivity contribution in [3.8, 4) is 22.4 Å². The minimum Gasteiger partial charge on any atom is -0.507 e. The van der Waals surface area contributed by atoms with Crippen molar-refractivity contribution >= 4 is 40.6 Å². The summed E-state index contributed by atoms with van der Waals surface area (Å²) in [5, 5.41) is 25.8. The van der Waals surface area contributed by atoms with Gasteiger partial charge in [0, 0.05) is 26.4 Å². The van der Waals surface area contributed by atoms with Crippen molar-refractivity contribution in [2.75, 3.05) is 5.32 Å². The van der Waals surface area contributed by atoms with Gasteiger partial charge >= 0.3 is 0 Å². The molecule has 3 aromatic carbocycles. The van der Waals surface area contributed by atoms with Crippen LogP contribution in [-0.2, 0) is 6.54 Å². The summed E-state index contributed by atoms with van der Waals surface area (Å²) < 4.78 is 0. The highest BCUT2D eigenvalue weighted by atomic mass is 32.2. The predicted octanol–water partition coefficient (Wildman–Crippen LogP) is 5.03. The van der Waals surface area contributed by atoms with Gasteiger partial charge in [-0.05, 0) is 36.4 Å². The van der Waals surface area contributed by atoms with Crippen molar-refractivity contribution in [1.82, 2.24) is 10.3 Å². The zero-order valence-electron chi connectivity index (χ0n) is 17.5. The fourth-order valence-corrected chi connectivity index (χ4v) is 5.36. The Morgan fingerprint density at radius 3 is 2.71 bits per heavy atom. The first-order chi connectivity index (χ1) is 16.5. The Balaban J connectivity index is 1.31. The number of carbonyl (C=O) groups excluding carboxylic acids is 2. The van der Waals surface area contributed by atoms with Crippen LogP contribution in [0.5, 0.6) is 5.75 Å². The van der Waals surface area contributed by atoms with Crippen LogP contribution in [0.3, 0.4) is 0 Å². The van der Waals surface area contributed by atoms with Gasteiger partial charge in [0.1, 0.15) is 10.8 Å². The standard InChI is InChI=1S/C25H16N4O3S2/c26-11-14-5-7-15(8-6-14)25-28-13-16(33-25)12-27-23(31)18-9-19-22(10-20(18)30)34-21-4-2-1-3-17(21)24(32)29-19/h1-10,13,30H,12H2,(H,27,31)(H,29,32). The molecule has 0 saturated heterocycles. The summed E-state index contributed by atoms with van der Waals surface area (Å²) in [6.07, 6.45) is 1.68. The minimum atomic E-state index is -0.463. The van der Waals surface area contributed by atoms with E-state index in [-0.39, 0.29) is 23.8 Å². The Hall–Kier alpha value is -4.13. The number of aromatic hydroxyl groups is 1. The topological polar surface area (TPSA) is 115 Å². The second kappa shape index (κ2) is 9.02. The number of hydrogen-bond donors (Lipinski definition) is 3. The third kappa shape index (κ3) is 4.24. The summed E-state index contributed by atoms with van der Waals surface area (Å²) >= 11 is 2.78. The van der Waals surface area contributed by atoms with Gasteiger partial charge in [0.05, 0.1) is 35.0 Å². The van der Waals surface area contributed by atoms with E-state index in [9.17, 15) is 14.7 Å². The van der Waals surface area contributed by atoms with Gasteiger partial charge < -0.3 is 15.7 Å². The lowest BCUT2D eigenvalue weighted by Crippen LogP contribution is -2.22. The molecule has 0 aliphatic carbocycles. The molecule has 2 heterocycles. The molecule has 1 aliphatic rings. The van der Waals surface area contributed by atoms with Gasteiger partial charge in [-0.2, -0.15) is 5.26 Å². The van der Waals surface area contributed by atoms with Gasteiger partial charge in [-0.15, -0.1) is 11.3 Å². The van der Waals surface area contributed by atoms with E-state index < -0.39 is 5.91 Å². The molecule has 1 aliphatic heterocycles. The molecular formula is C25H16N4O3S2. The number of rotatable bonds is 4. The Morgan fingerprint density at radius 1 is 1.12 bits per heavy atom. The molecule has 0 radical (unpaired) electrons. The van der Waals surface area contributed by atoms with Gasteiger partial charge in [-0.1, -0.05) is 36.0 Å². The van der Waals surface area contributed by atoms with Crippen LogP contribution in [0.15, 0.2) is 76.7 Å². The van der Waals surface area contributed by atoms with E-state index in [4.69, 9.17) is 5.26 Å². The summed E-state index contributed by atoms with van der Waals surface area (Å²) in [4.78, 5) is 32.1. The number of phenols is 1. The highest BCUT2D eigenvalue weighted by Crippen LogP contribution is 2.41. The van der Waals surface area contributed by atoms with E-state index in [1.54, 1.807) is 30.5 Å². The summed E-state index contributed by atoms with van der Waals surface area (Å²) in [5.41, 5.74) is 2.54. The van der Waals surface area contributed by atoms with Crippen molar-refractivity contribution in [1.29, 1.82) is 5.26 Å². The van der Waals surface area contributed by atoms with Crippen LogP contribution in [-0.4, -0.2) is 21.9 Å². The second-order valence-electron chi connectivity index (χ2n) is 7.42. The summed E-state index contributed by atoms with van der Waals surface area (Å²) in [5.74, 6) is -0.895. The Kier molecular flexibility index (Phi) is 5.76. The lowest BCUT2D eigenvalue weighted by Gasteiger charge is -2.11. The van der Waals surface area contributed by atoms with Crippen molar-refractivity contribution < 1.29 is 14.7 Å². The molecule has 0 saturated carbocycles. The third-order valence-electron chi connectivity index (χ3n) is 5.18. The average molecular weight is 485 g/mol. The fourth-order valence-electron chi connectivity index (χ4n) is 3.46. The summed E-state index contributed by atoms with van der Waals surface area (Å²) in [6.45, 7) is 0.232. The van der Waals surface area contributed by atoms with Gasteiger partial charge in [-0.25, -0.2) is 4.98 Å². The number of anilines is 1. The number of carbonyl (C=O) groups is 2. The van der Waals surface area contributed by atoms with E-state index in [2.05, 4.69) is 21.7 Å². The van der Waals surface area contributed by atoms with Crippen molar-refractivity contribution in [2.24, 2.45) is 0 Å². The molecule has 2 amide bonds. The monoisotopic (exact) mass is 484 g/mol. The van der Waals surface area contributed by atoms with Crippen LogP contribution in [0, 0.1) is 11.3 Å². The van der Waals surface area contributed by atoms with Crippen molar-refractivity contribution in [3.05, 3.63) is 88.4 Å². The quantitative estimate of drug-likeness (QED) is 0.350. The SMILES string of the molecule is N#Cc1ccc(-c2ncc(CNC(=O)c3cc4c(cc3O)Sc3ccccc3C(=O)N4)s2)cc1. The van der Waals surface area contributed by atoms with Crippen LogP contribution >= 0.6 is 23.1 Å². The maximum atomic E-state index is 12.8. The number of thiazole rings is 1. The number of amides is 2. The Bertz CT molecular complexity index is 1470. The zero-order chi connectivity index (χ0) is 23.7. The van der Waals surface area contributed by atoms with Gasteiger partial charge in [0.25, 0.3) is 11.8 Å². The molecule has 7 nitrogen and oxygen atoms in total. The predicted molar refractivity (Wildman–Crippen MR) is 130 cm³/mol. The maximum Gasteiger partial charge on any atom is 0.256 e. The highest BCUT2D eigenvalue weighted by Gasteiger charge is 2.23. The number of benzene rings is 3. The van der Waals surface area contributed by atoms with Gasteiger partial charge in [0.2, 0.25) is 0 Å². The van der Waals surface area contributed by atoms with Crippen LogP contribution in [0.4, 0.5) is 5.69 Å². The number of hydrogen-bond acceptors (Lipinski definition) is 7. The van der Waals surface area contributed by atoms with Crippen LogP contribution in [0.25, 0.3) is 10.6 Å². The summed E-state index contributed by atoms with van der Waals surface area (Å²) in [6, 6.07) is 19.4. The normalized spacial score (nSPS) is 12.0. The molecular weight excluding hydrogens is 468 g/mol. The zero-order valence-corrected chi connectivity index (χ0v) is 19.2. The van der Waals surface area contributed by atoms with Crippen LogP contribution in [0.1, 0.15) is 31.2 Å². The van der Waals surface area contributed by atoms with E-state index in [0.717, 1.165) is 20.3 Å². The smallest absolute Gasteiger partial charge is 0.256 e. The molecule has 4 aromatic rings.